The van der Waals surface area contributed by atoms with Gasteiger partial charge in [0.05, 0.1) is 18.5 Å². The van der Waals surface area contributed by atoms with E-state index in [9.17, 15) is 9.90 Å². The molecule has 2 aromatic heterocycles. The SMILES string of the molecule is O=c1[nH]cnc2c1nnn2C1CC(O)C(CO)C1. The van der Waals surface area contributed by atoms with E-state index >= 15 is 0 Å². The van der Waals surface area contributed by atoms with Crippen molar-refractivity contribution in [3.63, 3.8) is 0 Å². The van der Waals surface area contributed by atoms with Crippen LogP contribution in [0.3, 0.4) is 0 Å². The number of aliphatic hydroxyl groups is 2. The molecule has 3 N–H and O–H groups in total. The number of aromatic amines is 1. The monoisotopic (exact) mass is 251 g/mol. The Labute approximate surface area is 101 Å². The Balaban J connectivity index is 2.01. The molecule has 0 amide bonds. The molecular formula is C10H13N5O3. The van der Waals surface area contributed by atoms with Crippen molar-refractivity contribution < 1.29 is 10.2 Å². The predicted molar refractivity (Wildman–Crippen MR) is 60.8 cm³/mol. The highest BCUT2D eigenvalue weighted by Gasteiger charge is 2.35. The number of rotatable bonds is 2. The van der Waals surface area contributed by atoms with Crippen molar-refractivity contribution in [3.8, 4) is 0 Å². The molecule has 1 aliphatic carbocycles. The van der Waals surface area contributed by atoms with Gasteiger partial charge in [0.2, 0.25) is 0 Å². The average Bonchev–Trinajstić information content (AvgIpc) is 2.93. The van der Waals surface area contributed by atoms with Crippen LogP contribution < -0.4 is 5.56 Å². The number of aliphatic hydroxyl groups excluding tert-OH is 2. The summed E-state index contributed by atoms with van der Waals surface area (Å²) in [6, 6.07) is -0.0866. The fourth-order valence-electron chi connectivity index (χ4n) is 2.49. The summed E-state index contributed by atoms with van der Waals surface area (Å²) < 4.78 is 1.56. The van der Waals surface area contributed by atoms with Crippen molar-refractivity contribution in [1.82, 2.24) is 25.0 Å². The van der Waals surface area contributed by atoms with Gasteiger partial charge in [-0.3, -0.25) is 4.79 Å². The first-order chi connectivity index (χ1) is 8.70. The van der Waals surface area contributed by atoms with Crippen LogP contribution in [0.4, 0.5) is 0 Å². The zero-order valence-corrected chi connectivity index (χ0v) is 9.52. The molecule has 1 fully saturated rings. The molecule has 96 valence electrons. The highest BCUT2D eigenvalue weighted by Crippen LogP contribution is 2.34. The van der Waals surface area contributed by atoms with Crippen LogP contribution in [0, 0.1) is 5.92 Å². The van der Waals surface area contributed by atoms with Gasteiger partial charge in [0.25, 0.3) is 5.56 Å². The molecule has 8 nitrogen and oxygen atoms in total. The highest BCUT2D eigenvalue weighted by atomic mass is 16.3. The summed E-state index contributed by atoms with van der Waals surface area (Å²) in [5.74, 6) is -0.156. The van der Waals surface area contributed by atoms with Crippen LogP contribution >= 0.6 is 0 Å². The topological polar surface area (TPSA) is 117 Å². The molecule has 0 aromatic carbocycles. The third kappa shape index (κ3) is 1.61. The van der Waals surface area contributed by atoms with Crippen molar-refractivity contribution in [1.29, 1.82) is 0 Å². The first-order valence-electron chi connectivity index (χ1n) is 5.78. The molecule has 3 rings (SSSR count). The normalized spacial score (nSPS) is 28.0. The van der Waals surface area contributed by atoms with Crippen LogP contribution in [0.2, 0.25) is 0 Å². The van der Waals surface area contributed by atoms with Crippen molar-refractivity contribution in [2.24, 2.45) is 5.92 Å². The molecule has 2 aromatic rings. The second-order valence-electron chi connectivity index (χ2n) is 4.57. The number of H-pyrrole nitrogens is 1. The van der Waals surface area contributed by atoms with Gasteiger partial charge in [-0.2, -0.15) is 0 Å². The van der Waals surface area contributed by atoms with Crippen LogP contribution in [0.15, 0.2) is 11.1 Å². The molecule has 8 heteroatoms. The van der Waals surface area contributed by atoms with Crippen molar-refractivity contribution >= 4 is 11.2 Å². The van der Waals surface area contributed by atoms with Gasteiger partial charge in [0.15, 0.2) is 11.2 Å². The molecule has 0 spiro atoms. The van der Waals surface area contributed by atoms with Gasteiger partial charge < -0.3 is 15.2 Å². The molecule has 3 atom stereocenters. The molecule has 2 heterocycles. The Morgan fingerprint density at radius 2 is 2.33 bits per heavy atom. The number of aromatic nitrogens is 5. The summed E-state index contributed by atoms with van der Waals surface area (Å²) in [5, 5.41) is 26.6. The van der Waals surface area contributed by atoms with E-state index in [2.05, 4.69) is 20.3 Å². The number of fused-ring (bicyclic) bond motifs is 1. The van der Waals surface area contributed by atoms with Crippen LogP contribution in [-0.2, 0) is 0 Å². The van der Waals surface area contributed by atoms with Crippen LogP contribution in [0.1, 0.15) is 18.9 Å². The van der Waals surface area contributed by atoms with E-state index in [1.807, 2.05) is 0 Å². The van der Waals surface area contributed by atoms with Gasteiger partial charge in [-0.1, -0.05) is 5.21 Å². The zero-order valence-electron chi connectivity index (χ0n) is 9.52. The van der Waals surface area contributed by atoms with Crippen LogP contribution in [0.5, 0.6) is 0 Å². The minimum Gasteiger partial charge on any atom is -0.396 e. The summed E-state index contributed by atoms with van der Waals surface area (Å²) in [5.41, 5.74) is 0.275. The lowest BCUT2D eigenvalue weighted by Crippen LogP contribution is -2.16. The fraction of sp³-hybridized carbons (Fsp3) is 0.600. The lowest BCUT2D eigenvalue weighted by Gasteiger charge is -2.09. The van der Waals surface area contributed by atoms with Crippen LogP contribution in [-0.4, -0.2) is 47.9 Å². The minimum atomic E-state index is -0.554. The largest absolute Gasteiger partial charge is 0.396 e. The Morgan fingerprint density at radius 1 is 1.50 bits per heavy atom. The van der Waals surface area contributed by atoms with Gasteiger partial charge in [-0.15, -0.1) is 5.10 Å². The van der Waals surface area contributed by atoms with E-state index in [4.69, 9.17) is 5.11 Å². The quantitative estimate of drug-likeness (QED) is 0.618. The second kappa shape index (κ2) is 4.14. The van der Waals surface area contributed by atoms with E-state index < -0.39 is 6.10 Å². The summed E-state index contributed by atoms with van der Waals surface area (Å²) >= 11 is 0. The summed E-state index contributed by atoms with van der Waals surface area (Å²) in [7, 11) is 0. The number of nitrogens with one attached hydrogen (secondary N) is 1. The molecule has 0 bridgehead atoms. The third-order valence-corrected chi connectivity index (χ3v) is 3.48. The van der Waals surface area contributed by atoms with Gasteiger partial charge in [-0.05, 0) is 12.8 Å². The molecule has 3 unspecified atom stereocenters. The predicted octanol–water partition coefficient (Wildman–Crippen LogP) is -1.18. The second-order valence-corrected chi connectivity index (χ2v) is 4.57. The lowest BCUT2D eigenvalue weighted by atomic mass is 10.1. The first kappa shape index (κ1) is 11.3. The minimum absolute atomic E-state index is 0.0572. The van der Waals surface area contributed by atoms with E-state index in [0.717, 1.165) is 0 Å². The molecule has 0 saturated heterocycles. The van der Waals surface area contributed by atoms with Gasteiger partial charge in [0.1, 0.15) is 0 Å². The maximum Gasteiger partial charge on any atom is 0.280 e. The Bertz CT molecular complexity index is 621. The maximum absolute atomic E-state index is 11.5. The summed E-state index contributed by atoms with van der Waals surface area (Å²) in [4.78, 5) is 18.0. The van der Waals surface area contributed by atoms with Crippen molar-refractivity contribution in [3.05, 3.63) is 16.7 Å². The van der Waals surface area contributed by atoms with E-state index in [-0.39, 0.29) is 29.6 Å². The Kier molecular flexibility index (Phi) is 2.60. The fourth-order valence-corrected chi connectivity index (χ4v) is 2.49. The van der Waals surface area contributed by atoms with E-state index in [0.29, 0.717) is 18.5 Å². The molecule has 0 radical (unpaired) electrons. The lowest BCUT2D eigenvalue weighted by molar-refractivity contribution is 0.0906. The summed E-state index contributed by atoms with van der Waals surface area (Å²) in [6.07, 6.45) is 1.84. The third-order valence-electron chi connectivity index (χ3n) is 3.48. The standard InChI is InChI=1S/C10H13N5O3/c16-3-5-1-6(2-7(5)17)15-9-8(13-14-15)10(18)12-4-11-9/h4-7,16-17H,1-3H2,(H,11,12,18). The van der Waals surface area contributed by atoms with Gasteiger partial charge in [-0.25, -0.2) is 9.67 Å². The molecule has 1 aliphatic rings. The molecular weight excluding hydrogens is 238 g/mol. The first-order valence-corrected chi connectivity index (χ1v) is 5.78. The van der Waals surface area contributed by atoms with E-state index in [1.165, 1.54) is 6.33 Å². The Hall–Kier alpha value is -1.80. The highest BCUT2D eigenvalue weighted by molar-refractivity contribution is 5.67. The number of nitrogens with zero attached hydrogens (tertiary/aromatic N) is 4. The molecule has 18 heavy (non-hydrogen) atoms. The van der Waals surface area contributed by atoms with Crippen LogP contribution in [0.25, 0.3) is 11.2 Å². The smallest absolute Gasteiger partial charge is 0.280 e. The van der Waals surface area contributed by atoms with E-state index in [1.54, 1.807) is 4.68 Å². The molecule has 1 saturated carbocycles. The molecule has 0 aliphatic heterocycles. The zero-order chi connectivity index (χ0) is 12.7. The number of hydrogen-bond acceptors (Lipinski definition) is 6. The van der Waals surface area contributed by atoms with Gasteiger partial charge in [0, 0.05) is 12.5 Å². The number of hydrogen-bond donors (Lipinski definition) is 3. The van der Waals surface area contributed by atoms with Crippen molar-refractivity contribution in [2.75, 3.05) is 6.61 Å². The van der Waals surface area contributed by atoms with Gasteiger partial charge >= 0.3 is 0 Å². The summed E-state index contributed by atoms with van der Waals surface area (Å²) in [6.45, 7) is -0.0572. The average molecular weight is 251 g/mol. The Morgan fingerprint density at radius 3 is 3.06 bits per heavy atom. The van der Waals surface area contributed by atoms with Crippen molar-refractivity contribution in [2.45, 2.75) is 25.0 Å². The maximum atomic E-state index is 11.5.